The van der Waals surface area contributed by atoms with Gasteiger partial charge in [-0.25, -0.2) is 4.84 Å². The normalized spacial score (nSPS) is 16.1. The highest BCUT2D eigenvalue weighted by Crippen LogP contribution is 2.06. The summed E-state index contributed by atoms with van der Waals surface area (Å²) < 4.78 is 0. The SMILES string of the molecule is C[C@H](NCl)C(C)(C)O. The van der Waals surface area contributed by atoms with Crippen LogP contribution in [-0.4, -0.2) is 16.7 Å². The maximum Gasteiger partial charge on any atom is 0.0754 e. The first kappa shape index (κ1) is 8.21. The van der Waals surface area contributed by atoms with Gasteiger partial charge in [0, 0.05) is 6.04 Å². The van der Waals surface area contributed by atoms with Crippen molar-refractivity contribution in [1.29, 1.82) is 0 Å². The Morgan fingerprint density at radius 1 is 1.62 bits per heavy atom. The topological polar surface area (TPSA) is 32.3 Å². The first-order valence-electron chi connectivity index (χ1n) is 2.57. The van der Waals surface area contributed by atoms with Crippen molar-refractivity contribution < 1.29 is 5.11 Å². The Kier molecular flexibility index (Phi) is 2.74. The van der Waals surface area contributed by atoms with Crippen LogP contribution in [0.25, 0.3) is 0 Å². The van der Waals surface area contributed by atoms with Crippen LogP contribution in [0.3, 0.4) is 0 Å². The summed E-state index contributed by atoms with van der Waals surface area (Å²) in [4.78, 5) is 2.43. The van der Waals surface area contributed by atoms with Crippen LogP contribution in [0.2, 0.25) is 0 Å². The summed E-state index contributed by atoms with van der Waals surface area (Å²) >= 11 is 5.23. The third-order valence-corrected chi connectivity index (χ3v) is 1.55. The van der Waals surface area contributed by atoms with Gasteiger partial charge in [0.2, 0.25) is 0 Å². The predicted octanol–water partition coefficient (Wildman–Crippen LogP) is 0.889. The molecular weight excluding hydrogens is 126 g/mol. The number of halogens is 1. The van der Waals surface area contributed by atoms with Gasteiger partial charge in [-0.05, 0) is 32.5 Å². The van der Waals surface area contributed by atoms with Crippen LogP contribution in [0.5, 0.6) is 0 Å². The largest absolute Gasteiger partial charge is 0.389 e. The average molecular weight is 138 g/mol. The van der Waals surface area contributed by atoms with E-state index in [-0.39, 0.29) is 6.04 Å². The van der Waals surface area contributed by atoms with Gasteiger partial charge in [-0.3, -0.25) is 0 Å². The molecule has 2 nitrogen and oxygen atoms in total. The molecule has 0 unspecified atom stereocenters. The molecule has 0 rings (SSSR count). The molecule has 0 aromatic carbocycles. The van der Waals surface area contributed by atoms with Crippen LogP contribution in [0.4, 0.5) is 0 Å². The zero-order valence-electron chi connectivity index (χ0n) is 5.40. The molecule has 0 saturated heterocycles. The van der Waals surface area contributed by atoms with Crippen LogP contribution in [0.15, 0.2) is 0 Å². The second kappa shape index (κ2) is 2.67. The van der Waals surface area contributed by atoms with Gasteiger partial charge in [0.05, 0.1) is 5.60 Å². The molecule has 0 aliphatic rings. The molecule has 2 N–H and O–H groups in total. The summed E-state index contributed by atoms with van der Waals surface area (Å²) in [7, 11) is 0. The molecule has 0 aromatic heterocycles. The monoisotopic (exact) mass is 137 g/mol. The first-order valence-corrected chi connectivity index (χ1v) is 2.95. The summed E-state index contributed by atoms with van der Waals surface area (Å²) in [5, 5.41) is 9.14. The van der Waals surface area contributed by atoms with Crippen LogP contribution in [0.1, 0.15) is 20.8 Å². The van der Waals surface area contributed by atoms with Crippen LogP contribution >= 0.6 is 11.8 Å². The third kappa shape index (κ3) is 2.50. The van der Waals surface area contributed by atoms with Crippen molar-refractivity contribution in [3.05, 3.63) is 0 Å². The standard InChI is InChI=1S/C5H12ClNO/c1-4(7-6)5(2,3)8/h4,7-8H,1-3H3/t4-/m0/s1. The van der Waals surface area contributed by atoms with E-state index in [9.17, 15) is 0 Å². The van der Waals surface area contributed by atoms with Gasteiger partial charge in [0.15, 0.2) is 0 Å². The van der Waals surface area contributed by atoms with Crippen LogP contribution in [0, 0.1) is 0 Å². The fourth-order valence-corrected chi connectivity index (χ4v) is 0.401. The molecule has 0 heterocycles. The van der Waals surface area contributed by atoms with E-state index in [4.69, 9.17) is 16.9 Å². The molecule has 0 aliphatic heterocycles. The summed E-state index contributed by atoms with van der Waals surface area (Å²) in [6.07, 6.45) is 0. The Hall–Kier alpha value is 0.210. The number of hydrogen-bond acceptors (Lipinski definition) is 2. The van der Waals surface area contributed by atoms with Crippen molar-refractivity contribution in [3.8, 4) is 0 Å². The van der Waals surface area contributed by atoms with Gasteiger partial charge in [0.25, 0.3) is 0 Å². The summed E-state index contributed by atoms with van der Waals surface area (Å²) in [5.41, 5.74) is -0.734. The van der Waals surface area contributed by atoms with Gasteiger partial charge >= 0.3 is 0 Å². The molecule has 0 radical (unpaired) electrons. The van der Waals surface area contributed by atoms with E-state index in [1.165, 1.54) is 0 Å². The van der Waals surface area contributed by atoms with Gasteiger partial charge in [-0.1, -0.05) is 0 Å². The van der Waals surface area contributed by atoms with Crippen LogP contribution < -0.4 is 4.84 Å². The molecule has 1 atom stereocenters. The van der Waals surface area contributed by atoms with Crippen molar-refractivity contribution in [3.63, 3.8) is 0 Å². The van der Waals surface area contributed by atoms with Gasteiger partial charge in [-0.2, -0.15) is 0 Å². The van der Waals surface area contributed by atoms with Gasteiger partial charge < -0.3 is 5.11 Å². The Labute approximate surface area is 55.0 Å². The maximum atomic E-state index is 9.14. The van der Waals surface area contributed by atoms with Gasteiger partial charge in [-0.15, -0.1) is 0 Å². The fraction of sp³-hybridized carbons (Fsp3) is 1.00. The molecule has 0 spiro atoms. The molecule has 0 saturated carbocycles. The van der Waals surface area contributed by atoms with Crippen molar-refractivity contribution in [2.24, 2.45) is 0 Å². The number of nitrogens with one attached hydrogen (secondary N) is 1. The minimum atomic E-state index is -0.734. The average Bonchev–Trinajstić information content (AvgIpc) is 1.62. The second-order valence-electron chi connectivity index (χ2n) is 2.48. The maximum absolute atomic E-state index is 9.14. The van der Waals surface area contributed by atoms with E-state index >= 15 is 0 Å². The second-order valence-corrected chi connectivity index (χ2v) is 2.70. The number of rotatable bonds is 2. The predicted molar refractivity (Wildman–Crippen MR) is 34.7 cm³/mol. The molecule has 0 bridgehead atoms. The van der Waals surface area contributed by atoms with Gasteiger partial charge in [0.1, 0.15) is 0 Å². The molecular formula is C5H12ClNO. The van der Waals surface area contributed by atoms with E-state index in [2.05, 4.69) is 4.84 Å². The van der Waals surface area contributed by atoms with Crippen molar-refractivity contribution in [1.82, 2.24) is 4.84 Å². The lowest BCUT2D eigenvalue weighted by Gasteiger charge is -2.23. The number of hydrogen-bond donors (Lipinski definition) is 2. The van der Waals surface area contributed by atoms with Crippen LogP contribution in [-0.2, 0) is 0 Å². The van der Waals surface area contributed by atoms with E-state index in [1.54, 1.807) is 13.8 Å². The Bertz CT molecular complexity index is 69.3. The Morgan fingerprint density at radius 3 is 2.00 bits per heavy atom. The molecule has 0 amide bonds. The summed E-state index contributed by atoms with van der Waals surface area (Å²) in [5.74, 6) is 0. The smallest absolute Gasteiger partial charge is 0.0754 e. The molecule has 0 fully saturated rings. The molecule has 0 aliphatic carbocycles. The lowest BCUT2D eigenvalue weighted by molar-refractivity contribution is 0.0527. The summed E-state index contributed by atoms with van der Waals surface area (Å²) in [6, 6.07) is -0.0795. The van der Waals surface area contributed by atoms with E-state index in [0.29, 0.717) is 0 Å². The molecule has 50 valence electrons. The zero-order chi connectivity index (χ0) is 6.78. The fourth-order valence-electron chi connectivity index (χ4n) is 0.134. The van der Waals surface area contributed by atoms with Crippen molar-refractivity contribution in [2.75, 3.05) is 0 Å². The zero-order valence-corrected chi connectivity index (χ0v) is 6.16. The Balaban J connectivity index is 3.62. The van der Waals surface area contributed by atoms with Crippen molar-refractivity contribution in [2.45, 2.75) is 32.4 Å². The molecule has 0 aromatic rings. The quantitative estimate of drug-likeness (QED) is 0.554. The highest BCUT2D eigenvalue weighted by Gasteiger charge is 2.20. The molecule has 8 heavy (non-hydrogen) atoms. The molecule has 3 heteroatoms. The van der Waals surface area contributed by atoms with E-state index in [1.807, 2.05) is 6.92 Å². The minimum absolute atomic E-state index is 0.0795. The van der Waals surface area contributed by atoms with E-state index in [0.717, 1.165) is 0 Å². The highest BCUT2D eigenvalue weighted by atomic mass is 35.5. The lowest BCUT2D eigenvalue weighted by atomic mass is 10.0. The highest BCUT2D eigenvalue weighted by molar-refractivity contribution is 6.13. The first-order chi connectivity index (χ1) is 3.48. The Morgan fingerprint density at radius 2 is 2.00 bits per heavy atom. The van der Waals surface area contributed by atoms with E-state index < -0.39 is 5.60 Å². The summed E-state index contributed by atoms with van der Waals surface area (Å²) in [6.45, 7) is 5.22. The third-order valence-electron chi connectivity index (χ3n) is 1.22. The van der Waals surface area contributed by atoms with Crippen molar-refractivity contribution >= 4 is 11.8 Å². The number of aliphatic hydroxyl groups is 1. The minimum Gasteiger partial charge on any atom is -0.389 e. The lowest BCUT2D eigenvalue weighted by Crippen LogP contribution is -2.40.